The first kappa shape index (κ1) is 19.2. The van der Waals surface area contributed by atoms with Crippen LogP contribution in [0.1, 0.15) is 60.3 Å². The summed E-state index contributed by atoms with van der Waals surface area (Å²) in [5.74, 6) is 0.523. The molecule has 2 N–H and O–H groups in total. The zero-order chi connectivity index (χ0) is 16.8. The molecule has 5 nitrogen and oxygen atoms in total. The number of nitrogens with one attached hydrogen (secondary N) is 1. The highest BCUT2D eigenvalue weighted by Crippen LogP contribution is 2.24. The number of hydrogen-bond acceptors (Lipinski definition) is 4. The number of carbonyl (C=O) groups is 1. The predicted molar refractivity (Wildman–Crippen MR) is 88.9 cm³/mol. The summed E-state index contributed by atoms with van der Waals surface area (Å²) >= 11 is 0. The van der Waals surface area contributed by atoms with E-state index in [1.54, 1.807) is 0 Å². The van der Waals surface area contributed by atoms with Crippen LogP contribution < -0.4 is 5.32 Å². The Morgan fingerprint density at radius 1 is 1.41 bits per heavy atom. The van der Waals surface area contributed by atoms with Crippen molar-refractivity contribution < 1.29 is 14.6 Å². The Labute approximate surface area is 135 Å². The lowest BCUT2D eigenvalue weighted by molar-refractivity contribution is 0.0410. The monoisotopic (exact) mass is 314 g/mol. The van der Waals surface area contributed by atoms with Gasteiger partial charge in [0.25, 0.3) is 0 Å². The van der Waals surface area contributed by atoms with Gasteiger partial charge in [-0.15, -0.1) is 0 Å². The van der Waals surface area contributed by atoms with Gasteiger partial charge in [0.15, 0.2) is 0 Å². The van der Waals surface area contributed by atoms with Crippen LogP contribution in [0.4, 0.5) is 4.79 Å². The molecule has 0 aromatic rings. The van der Waals surface area contributed by atoms with Crippen LogP contribution >= 0.6 is 0 Å². The number of alkyl carbamates (subject to hydrolysis) is 1. The minimum Gasteiger partial charge on any atom is -0.444 e. The Bertz CT molecular complexity index is 341. The summed E-state index contributed by atoms with van der Waals surface area (Å²) in [5.41, 5.74) is -0.467. The quantitative estimate of drug-likeness (QED) is 0.791. The zero-order valence-electron chi connectivity index (χ0n) is 14.9. The molecule has 0 bridgehead atoms. The number of hydrogen-bond donors (Lipinski definition) is 2. The zero-order valence-corrected chi connectivity index (χ0v) is 14.9. The van der Waals surface area contributed by atoms with Crippen molar-refractivity contribution in [3.8, 4) is 0 Å². The van der Waals surface area contributed by atoms with Gasteiger partial charge in [-0.2, -0.15) is 0 Å². The van der Waals surface area contributed by atoms with E-state index in [1.165, 1.54) is 0 Å². The average molecular weight is 314 g/mol. The molecule has 0 aromatic heterocycles. The number of nitrogens with zero attached hydrogens (tertiary/aromatic N) is 1. The topological polar surface area (TPSA) is 61.8 Å². The molecule has 0 aromatic carbocycles. The first-order valence-electron chi connectivity index (χ1n) is 8.59. The Kier molecular flexibility index (Phi) is 7.63. The molecule has 130 valence electrons. The van der Waals surface area contributed by atoms with Gasteiger partial charge in [-0.3, -0.25) is 4.90 Å². The van der Waals surface area contributed by atoms with Crippen molar-refractivity contribution in [1.29, 1.82) is 0 Å². The minimum absolute atomic E-state index is 0.126. The number of aliphatic hydroxyl groups excluding tert-OH is 1. The van der Waals surface area contributed by atoms with Gasteiger partial charge in [0.2, 0.25) is 0 Å². The molecule has 0 radical (unpaired) electrons. The van der Waals surface area contributed by atoms with Crippen LogP contribution in [0.2, 0.25) is 0 Å². The van der Waals surface area contributed by atoms with Crippen molar-refractivity contribution in [2.45, 2.75) is 78.0 Å². The summed E-state index contributed by atoms with van der Waals surface area (Å²) < 4.78 is 5.37. The van der Waals surface area contributed by atoms with E-state index in [2.05, 4.69) is 24.1 Å². The van der Waals surface area contributed by atoms with E-state index in [1.807, 2.05) is 20.8 Å². The minimum atomic E-state index is -0.467. The van der Waals surface area contributed by atoms with Gasteiger partial charge < -0.3 is 15.2 Å². The van der Waals surface area contributed by atoms with Crippen LogP contribution in [-0.4, -0.2) is 53.5 Å². The fraction of sp³-hybridized carbons (Fsp3) is 0.941. The van der Waals surface area contributed by atoms with Crippen LogP contribution in [0.25, 0.3) is 0 Å². The van der Waals surface area contributed by atoms with Crippen molar-refractivity contribution in [2.75, 3.05) is 19.7 Å². The van der Waals surface area contributed by atoms with Crippen molar-refractivity contribution in [1.82, 2.24) is 10.2 Å². The van der Waals surface area contributed by atoms with Gasteiger partial charge in [0, 0.05) is 31.8 Å². The highest BCUT2D eigenvalue weighted by atomic mass is 16.6. The smallest absolute Gasteiger partial charge is 0.407 e. The standard InChI is InChI=1S/C17H34N2O3/c1-6-13(2)19-11-14(8-7-9-20)10-15(12-19)18-16(21)22-17(3,4)5/h13-15,20H,6-12H2,1-5H3,(H,18,21). The van der Waals surface area contributed by atoms with Crippen molar-refractivity contribution in [3.63, 3.8) is 0 Å². The van der Waals surface area contributed by atoms with E-state index in [0.717, 1.165) is 38.8 Å². The van der Waals surface area contributed by atoms with E-state index < -0.39 is 5.60 Å². The second-order valence-corrected chi connectivity index (χ2v) is 7.52. The van der Waals surface area contributed by atoms with E-state index in [-0.39, 0.29) is 18.7 Å². The Hall–Kier alpha value is -0.810. The third kappa shape index (κ3) is 6.97. The molecule has 1 rings (SSSR count). The Morgan fingerprint density at radius 2 is 2.09 bits per heavy atom. The summed E-state index contributed by atoms with van der Waals surface area (Å²) in [6.45, 7) is 12.2. The first-order valence-corrected chi connectivity index (χ1v) is 8.59. The molecule has 1 saturated heterocycles. The SMILES string of the molecule is CCC(C)N1CC(CCCO)CC(NC(=O)OC(C)(C)C)C1. The van der Waals surface area contributed by atoms with E-state index in [0.29, 0.717) is 12.0 Å². The summed E-state index contributed by atoms with van der Waals surface area (Å²) in [6, 6.07) is 0.640. The summed E-state index contributed by atoms with van der Waals surface area (Å²) in [5, 5.41) is 12.1. The van der Waals surface area contributed by atoms with Gasteiger partial charge in [-0.25, -0.2) is 4.79 Å². The van der Waals surface area contributed by atoms with Gasteiger partial charge in [-0.05, 0) is 59.3 Å². The molecule has 0 spiro atoms. The molecule has 1 aliphatic heterocycles. The molecule has 3 atom stereocenters. The molecule has 22 heavy (non-hydrogen) atoms. The molecular weight excluding hydrogens is 280 g/mol. The fourth-order valence-corrected chi connectivity index (χ4v) is 3.03. The van der Waals surface area contributed by atoms with Crippen LogP contribution in [0.15, 0.2) is 0 Å². The number of piperidine rings is 1. The number of likely N-dealkylation sites (tertiary alicyclic amines) is 1. The Morgan fingerprint density at radius 3 is 2.64 bits per heavy atom. The molecule has 1 heterocycles. The summed E-state index contributed by atoms with van der Waals surface area (Å²) in [4.78, 5) is 14.5. The lowest BCUT2D eigenvalue weighted by Crippen LogP contribution is -2.53. The summed E-state index contributed by atoms with van der Waals surface area (Å²) in [7, 11) is 0. The molecule has 5 heteroatoms. The van der Waals surface area contributed by atoms with Gasteiger partial charge in [0.1, 0.15) is 5.60 Å². The molecular formula is C17H34N2O3. The van der Waals surface area contributed by atoms with Gasteiger partial charge in [0.05, 0.1) is 0 Å². The van der Waals surface area contributed by atoms with Crippen molar-refractivity contribution in [2.24, 2.45) is 5.92 Å². The number of ether oxygens (including phenoxy) is 1. The van der Waals surface area contributed by atoms with Gasteiger partial charge in [-0.1, -0.05) is 6.92 Å². The van der Waals surface area contributed by atoms with Crippen LogP contribution in [0.5, 0.6) is 0 Å². The molecule has 0 aliphatic carbocycles. The van der Waals surface area contributed by atoms with Crippen molar-refractivity contribution in [3.05, 3.63) is 0 Å². The molecule has 1 fully saturated rings. The maximum Gasteiger partial charge on any atom is 0.407 e. The maximum absolute atomic E-state index is 12.0. The molecule has 3 unspecified atom stereocenters. The second kappa shape index (κ2) is 8.73. The largest absolute Gasteiger partial charge is 0.444 e. The van der Waals surface area contributed by atoms with E-state index >= 15 is 0 Å². The highest BCUT2D eigenvalue weighted by Gasteiger charge is 2.30. The lowest BCUT2D eigenvalue weighted by Gasteiger charge is -2.41. The number of carbonyl (C=O) groups excluding carboxylic acids is 1. The third-order valence-electron chi connectivity index (χ3n) is 4.27. The highest BCUT2D eigenvalue weighted by molar-refractivity contribution is 5.68. The normalized spacial score (nSPS) is 24.8. The maximum atomic E-state index is 12.0. The third-order valence-corrected chi connectivity index (χ3v) is 4.27. The van der Waals surface area contributed by atoms with E-state index in [9.17, 15) is 4.79 Å². The second-order valence-electron chi connectivity index (χ2n) is 7.52. The van der Waals surface area contributed by atoms with E-state index in [4.69, 9.17) is 9.84 Å². The summed E-state index contributed by atoms with van der Waals surface area (Å²) in [6.07, 6.45) is 3.58. The molecule has 1 amide bonds. The molecule has 1 aliphatic rings. The van der Waals surface area contributed by atoms with Gasteiger partial charge >= 0.3 is 6.09 Å². The van der Waals surface area contributed by atoms with Crippen molar-refractivity contribution >= 4 is 6.09 Å². The average Bonchev–Trinajstić information content (AvgIpc) is 2.41. The fourth-order valence-electron chi connectivity index (χ4n) is 3.03. The van der Waals surface area contributed by atoms with Crippen LogP contribution in [0, 0.1) is 5.92 Å². The lowest BCUT2D eigenvalue weighted by atomic mass is 9.89. The van der Waals surface area contributed by atoms with Crippen LogP contribution in [-0.2, 0) is 4.74 Å². The Balaban J connectivity index is 2.61. The number of rotatable bonds is 6. The first-order chi connectivity index (χ1) is 10.2. The molecule has 0 saturated carbocycles. The predicted octanol–water partition coefficient (Wildman–Crippen LogP) is 2.77. The number of aliphatic hydroxyl groups is 1. The number of amides is 1. The van der Waals surface area contributed by atoms with Crippen LogP contribution in [0.3, 0.4) is 0 Å².